The van der Waals surface area contributed by atoms with E-state index < -0.39 is 0 Å². The van der Waals surface area contributed by atoms with Gasteiger partial charge in [-0.2, -0.15) is 0 Å². The van der Waals surface area contributed by atoms with Crippen LogP contribution in [-0.2, 0) is 9.53 Å². The average molecular weight is 265 g/mol. The van der Waals surface area contributed by atoms with Crippen LogP contribution in [0.2, 0.25) is 0 Å². The van der Waals surface area contributed by atoms with E-state index in [9.17, 15) is 4.79 Å². The Labute approximate surface area is 116 Å². The number of fused-ring (bicyclic) bond motifs is 3. The highest BCUT2D eigenvalue weighted by Crippen LogP contribution is 2.48. The first-order chi connectivity index (χ1) is 9.31. The van der Waals surface area contributed by atoms with E-state index >= 15 is 0 Å². The topological polar surface area (TPSA) is 29.5 Å². The Morgan fingerprint density at radius 2 is 1.53 bits per heavy atom. The highest BCUT2D eigenvalue weighted by Gasteiger charge is 2.49. The van der Waals surface area contributed by atoms with Crippen LogP contribution in [0.4, 0.5) is 0 Å². The van der Waals surface area contributed by atoms with Crippen molar-refractivity contribution in [2.24, 2.45) is 11.8 Å². The summed E-state index contributed by atoms with van der Waals surface area (Å²) >= 11 is 0. The van der Waals surface area contributed by atoms with Crippen molar-refractivity contribution in [3.8, 4) is 0 Å². The molecule has 3 aliphatic rings. The molecule has 0 spiro atoms. The Morgan fingerprint density at radius 3 is 2.05 bits per heavy atom. The van der Waals surface area contributed by atoms with Crippen LogP contribution < -0.4 is 0 Å². The third-order valence-corrected chi connectivity index (χ3v) is 5.58. The Kier molecular flexibility index (Phi) is 4.11. The molecule has 4 unspecified atom stereocenters. The van der Waals surface area contributed by atoms with Crippen molar-refractivity contribution < 1.29 is 9.53 Å². The molecule has 3 nitrogen and oxygen atoms in total. The van der Waals surface area contributed by atoms with Crippen molar-refractivity contribution in [3.05, 3.63) is 0 Å². The van der Waals surface area contributed by atoms with Gasteiger partial charge in [-0.15, -0.1) is 0 Å². The van der Waals surface area contributed by atoms with E-state index in [2.05, 4.69) is 4.90 Å². The van der Waals surface area contributed by atoms with Gasteiger partial charge in [-0.1, -0.05) is 25.7 Å². The van der Waals surface area contributed by atoms with Crippen LogP contribution in [0, 0.1) is 11.8 Å². The molecule has 0 amide bonds. The summed E-state index contributed by atoms with van der Waals surface area (Å²) in [5.74, 6) is 1.72. The van der Waals surface area contributed by atoms with Gasteiger partial charge in [0.25, 0.3) is 0 Å². The zero-order valence-electron chi connectivity index (χ0n) is 12.1. The number of rotatable bonds is 3. The summed E-state index contributed by atoms with van der Waals surface area (Å²) in [7, 11) is 0. The van der Waals surface area contributed by atoms with Crippen LogP contribution in [-0.4, -0.2) is 36.1 Å². The molecule has 2 saturated carbocycles. The Morgan fingerprint density at radius 1 is 1.00 bits per heavy atom. The molecule has 0 aromatic rings. The van der Waals surface area contributed by atoms with E-state index in [1.165, 1.54) is 51.4 Å². The Balaban J connectivity index is 1.74. The second-order valence-electron chi connectivity index (χ2n) is 6.51. The second kappa shape index (κ2) is 5.82. The van der Waals surface area contributed by atoms with Crippen LogP contribution >= 0.6 is 0 Å². The first-order valence-electron chi connectivity index (χ1n) is 8.22. The van der Waals surface area contributed by atoms with Gasteiger partial charge in [0.1, 0.15) is 0 Å². The van der Waals surface area contributed by atoms with E-state index in [0.29, 0.717) is 25.2 Å². The maximum Gasteiger partial charge on any atom is 0.320 e. The molecular weight excluding hydrogens is 238 g/mol. The fraction of sp³-hybridized carbons (Fsp3) is 0.938. The molecule has 0 aromatic carbocycles. The molecule has 0 N–H and O–H groups in total. The van der Waals surface area contributed by atoms with Gasteiger partial charge >= 0.3 is 5.97 Å². The zero-order valence-corrected chi connectivity index (χ0v) is 12.1. The summed E-state index contributed by atoms with van der Waals surface area (Å²) in [6, 6.07) is 1.34. The van der Waals surface area contributed by atoms with Crippen molar-refractivity contribution in [1.82, 2.24) is 4.90 Å². The smallest absolute Gasteiger partial charge is 0.320 e. The van der Waals surface area contributed by atoms with Crippen LogP contribution in [0.5, 0.6) is 0 Å². The van der Waals surface area contributed by atoms with Crippen LogP contribution in [0.3, 0.4) is 0 Å². The summed E-state index contributed by atoms with van der Waals surface area (Å²) in [6.07, 6.45) is 10.9. The molecule has 4 atom stereocenters. The number of nitrogens with zero attached hydrogens (tertiary/aromatic N) is 1. The van der Waals surface area contributed by atoms with Crippen LogP contribution in [0.25, 0.3) is 0 Å². The van der Waals surface area contributed by atoms with Crippen molar-refractivity contribution >= 4 is 5.97 Å². The molecule has 0 aromatic heterocycles. The maximum atomic E-state index is 11.9. The Bertz CT molecular complexity index is 309. The normalized spacial score (nSPS) is 38.6. The van der Waals surface area contributed by atoms with Gasteiger partial charge in [0.05, 0.1) is 13.2 Å². The van der Waals surface area contributed by atoms with Crippen molar-refractivity contribution in [2.45, 2.75) is 70.4 Å². The maximum absolute atomic E-state index is 11.9. The van der Waals surface area contributed by atoms with E-state index in [-0.39, 0.29) is 5.97 Å². The number of carbonyl (C=O) groups is 1. The molecular formula is C16H27NO2. The number of esters is 1. The molecule has 0 radical (unpaired) electrons. The third kappa shape index (κ3) is 2.54. The summed E-state index contributed by atoms with van der Waals surface area (Å²) in [5.41, 5.74) is 0. The molecule has 19 heavy (non-hydrogen) atoms. The summed E-state index contributed by atoms with van der Waals surface area (Å²) in [4.78, 5) is 14.4. The molecule has 3 rings (SSSR count). The molecule has 2 aliphatic carbocycles. The lowest BCUT2D eigenvalue weighted by Gasteiger charge is -2.33. The SMILES string of the molecule is CCOC(=O)CN1C2CCCCC2C2CCCCC21. The minimum absolute atomic E-state index is 0.0157. The molecule has 108 valence electrons. The van der Waals surface area contributed by atoms with Crippen LogP contribution in [0.1, 0.15) is 58.3 Å². The molecule has 3 fully saturated rings. The first-order valence-corrected chi connectivity index (χ1v) is 8.22. The highest BCUT2D eigenvalue weighted by molar-refractivity contribution is 5.71. The molecule has 3 heteroatoms. The van der Waals surface area contributed by atoms with E-state index in [1.54, 1.807) is 0 Å². The predicted octanol–water partition coefficient (Wildman–Crippen LogP) is 2.98. The number of carbonyl (C=O) groups excluding carboxylic acids is 1. The van der Waals surface area contributed by atoms with Crippen molar-refractivity contribution in [3.63, 3.8) is 0 Å². The van der Waals surface area contributed by atoms with Gasteiger partial charge < -0.3 is 4.74 Å². The quantitative estimate of drug-likeness (QED) is 0.735. The van der Waals surface area contributed by atoms with Gasteiger partial charge in [-0.3, -0.25) is 9.69 Å². The summed E-state index contributed by atoms with van der Waals surface area (Å²) in [6.45, 7) is 2.94. The lowest BCUT2D eigenvalue weighted by atomic mass is 9.73. The van der Waals surface area contributed by atoms with Gasteiger partial charge in [0, 0.05) is 12.1 Å². The van der Waals surface area contributed by atoms with Crippen molar-refractivity contribution in [1.29, 1.82) is 0 Å². The molecule has 1 aliphatic heterocycles. The fourth-order valence-corrected chi connectivity index (χ4v) is 4.94. The molecule has 1 heterocycles. The van der Waals surface area contributed by atoms with Gasteiger partial charge in [0.15, 0.2) is 0 Å². The first kappa shape index (κ1) is 13.4. The number of hydrogen-bond acceptors (Lipinski definition) is 3. The lowest BCUT2D eigenvalue weighted by molar-refractivity contribution is -0.145. The van der Waals surface area contributed by atoms with Crippen molar-refractivity contribution in [2.75, 3.05) is 13.2 Å². The van der Waals surface area contributed by atoms with Gasteiger partial charge in [-0.25, -0.2) is 0 Å². The minimum atomic E-state index is -0.0157. The number of likely N-dealkylation sites (tertiary alicyclic amines) is 1. The number of ether oxygens (including phenoxy) is 1. The Hall–Kier alpha value is -0.570. The third-order valence-electron chi connectivity index (χ3n) is 5.58. The van der Waals surface area contributed by atoms with E-state index in [1.807, 2.05) is 6.92 Å². The van der Waals surface area contributed by atoms with Gasteiger partial charge in [0.2, 0.25) is 0 Å². The lowest BCUT2D eigenvalue weighted by Crippen LogP contribution is -2.43. The number of hydrogen-bond donors (Lipinski definition) is 0. The predicted molar refractivity (Wildman–Crippen MR) is 74.8 cm³/mol. The van der Waals surface area contributed by atoms with Crippen LogP contribution in [0.15, 0.2) is 0 Å². The zero-order chi connectivity index (χ0) is 13.2. The monoisotopic (exact) mass is 265 g/mol. The molecule has 1 saturated heterocycles. The standard InChI is InChI=1S/C16H27NO2/c1-2-19-16(18)11-17-14-9-5-3-7-12(14)13-8-4-6-10-15(13)17/h12-15H,2-11H2,1H3. The fourth-order valence-electron chi connectivity index (χ4n) is 4.94. The molecule has 0 bridgehead atoms. The highest BCUT2D eigenvalue weighted by atomic mass is 16.5. The second-order valence-corrected chi connectivity index (χ2v) is 6.51. The largest absolute Gasteiger partial charge is 0.465 e. The summed E-state index contributed by atoms with van der Waals surface area (Å²) in [5, 5.41) is 0. The van der Waals surface area contributed by atoms with E-state index in [4.69, 9.17) is 4.74 Å². The minimum Gasteiger partial charge on any atom is -0.465 e. The summed E-state index contributed by atoms with van der Waals surface area (Å²) < 4.78 is 5.18. The van der Waals surface area contributed by atoms with E-state index in [0.717, 1.165) is 11.8 Å². The van der Waals surface area contributed by atoms with Gasteiger partial charge in [-0.05, 0) is 44.4 Å². The average Bonchev–Trinajstić information content (AvgIpc) is 2.75.